The Balaban J connectivity index is 0.956. The summed E-state index contributed by atoms with van der Waals surface area (Å²) in [5.74, 6) is -0.241. The fraction of sp³-hybridized carbons (Fsp3) is 0.397. The molecule has 0 radical (unpaired) electrons. The second kappa shape index (κ2) is 28.2. The molecule has 80 heavy (non-hydrogen) atoms. The van der Waals surface area contributed by atoms with Gasteiger partial charge < -0.3 is 23.7 Å². The zero-order valence-corrected chi connectivity index (χ0v) is 46.5. The number of fused-ring (bicyclic) bond motifs is 2. The van der Waals surface area contributed by atoms with Gasteiger partial charge in [0.2, 0.25) is 5.13 Å². The van der Waals surface area contributed by atoms with Gasteiger partial charge in [-0.1, -0.05) is 99.9 Å². The first kappa shape index (κ1) is 58.8. The second-order valence-corrected chi connectivity index (χ2v) is 21.3. The van der Waals surface area contributed by atoms with E-state index in [1.165, 1.54) is 17.1 Å². The Kier molecular flexibility index (Phi) is 20.7. The minimum atomic E-state index is -4.83. The van der Waals surface area contributed by atoms with E-state index in [1.807, 2.05) is 72.7 Å². The number of carbonyl (C=O) groups excluding carboxylic acids is 4. The Morgan fingerprint density at radius 2 is 1.60 bits per heavy atom. The lowest BCUT2D eigenvalue weighted by atomic mass is 9.88. The van der Waals surface area contributed by atoms with Crippen LogP contribution in [0.3, 0.4) is 0 Å². The third-order valence-electron chi connectivity index (χ3n) is 14.2. The van der Waals surface area contributed by atoms with Gasteiger partial charge in [0, 0.05) is 37.2 Å². The number of alkyl halides is 3. The van der Waals surface area contributed by atoms with Crippen molar-refractivity contribution in [3.05, 3.63) is 138 Å². The summed E-state index contributed by atoms with van der Waals surface area (Å²) < 4.78 is 68.4. The zero-order chi connectivity index (χ0) is 56.6. The Bertz CT molecular complexity index is 3170. The van der Waals surface area contributed by atoms with Gasteiger partial charge in [-0.25, -0.2) is 14.8 Å². The number of aromatic nitrogens is 1. The van der Waals surface area contributed by atoms with E-state index in [9.17, 15) is 32.3 Å². The van der Waals surface area contributed by atoms with E-state index in [0.29, 0.717) is 62.0 Å². The number of ether oxygens (including phenoxy) is 5. The molecule has 8 rings (SSSR count). The van der Waals surface area contributed by atoms with Crippen LogP contribution in [0.4, 0.5) is 18.3 Å². The van der Waals surface area contributed by atoms with Gasteiger partial charge in [-0.3, -0.25) is 19.3 Å². The molecular weight excluding hydrogens is 1050 g/mol. The van der Waals surface area contributed by atoms with Gasteiger partial charge in [0.1, 0.15) is 29.4 Å². The number of hydrazone groups is 1. The van der Waals surface area contributed by atoms with Crippen molar-refractivity contribution in [3.63, 3.8) is 0 Å². The molecule has 0 atom stereocenters. The molecule has 1 aliphatic heterocycles. The fourth-order valence-corrected chi connectivity index (χ4v) is 10.7. The molecule has 5 aromatic carbocycles. The number of para-hydroxylation sites is 1. The molecule has 6 aromatic rings. The molecule has 1 fully saturated rings. The topological polar surface area (TPSA) is 146 Å². The van der Waals surface area contributed by atoms with Crippen LogP contribution in [0.5, 0.6) is 17.2 Å². The van der Waals surface area contributed by atoms with Crippen molar-refractivity contribution < 1.29 is 56.0 Å². The third-order valence-corrected chi connectivity index (χ3v) is 15.3. The van der Waals surface area contributed by atoms with Crippen LogP contribution in [-0.2, 0) is 41.5 Å². The highest BCUT2D eigenvalue weighted by atomic mass is 32.1. The first-order chi connectivity index (χ1) is 38.6. The quantitative estimate of drug-likeness (QED) is 0.00880. The average molecular weight is 1120 g/mol. The first-order valence-corrected chi connectivity index (χ1v) is 28.5. The maximum Gasteiger partial charge on any atom is 0.422 e. The molecule has 2 aliphatic rings. The number of halogens is 3. The Morgan fingerprint density at radius 3 is 2.35 bits per heavy atom. The fourth-order valence-electron chi connectivity index (χ4n) is 9.77. The van der Waals surface area contributed by atoms with E-state index in [2.05, 4.69) is 61.6 Å². The molecule has 0 unspecified atom stereocenters. The number of carbonyl (C=O) groups is 4. The summed E-state index contributed by atoms with van der Waals surface area (Å²) in [7, 11) is 0. The number of anilines is 1. The van der Waals surface area contributed by atoms with Crippen molar-refractivity contribution in [1.82, 2.24) is 9.88 Å². The van der Waals surface area contributed by atoms with Crippen LogP contribution < -0.4 is 19.2 Å². The summed E-state index contributed by atoms with van der Waals surface area (Å²) in [6.45, 7) is 10.6. The largest absolute Gasteiger partial charge is 0.493 e. The summed E-state index contributed by atoms with van der Waals surface area (Å²) in [6.07, 6.45) is 9.47. The molecule has 13 nitrogen and oxygen atoms in total. The smallest absolute Gasteiger partial charge is 0.422 e. The number of imide groups is 1. The van der Waals surface area contributed by atoms with Crippen LogP contribution in [0.15, 0.2) is 120 Å². The molecular formula is C63H69F3N4O9S. The van der Waals surface area contributed by atoms with E-state index in [-0.39, 0.29) is 50.1 Å². The Morgan fingerprint density at radius 1 is 0.825 bits per heavy atom. The molecule has 0 N–H and O–H groups in total. The normalized spacial score (nSPS) is 15.6. The van der Waals surface area contributed by atoms with Crippen LogP contribution in [0.25, 0.3) is 32.1 Å². The molecule has 0 spiro atoms. The average Bonchev–Trinajstić information content (AvgIpc) is 4.04. The number of unbranched alkanes of at least 4 members (excludes halogenated alkanes) is 3. The van der Waals surface area contributed by atoms with Crippen LogP contribution >= 0.6 is 11.3 Å². The Hall–Kier alpha value is -7.37. The SMILES string of the molecule is C=C(C(=O)OCCOC1CCC(COc2ccc3cc(-c4cc(/C=N/N(CCCCCC)c5nc6ccccc6s5)c(OC(=O)CCc5ccc(OCCCN6C(=O)C=CC6=O)c(C)c5)c(CCC)c4)ccc3c2)CC1)C(F)(F)F. The highest BCUT2D eigenvalue weighted by Crippen LogP contribution is 2.36. The van der Waals surface area contributed by atoms with Gasteiger partial charge in [0.25, 0.3) is 11.8 Å². The van der Waals surface area contributed by atoms with Crippen LogP contribution in [0, 0.1) is 12.8 Å². The molecule has 2 amide bonds. The number of hydrogen-bond acceptors (Lipinski definition) is 13. The number of esters is 2. The van der Waals surface area contributed by atoms with Crippen molar-refractivity contribution in [2.45, 2.75) is 117 Å². The molecule has 1 aromatic heterocycles. The lowest BCUT2D eigenvalue weighted by Gasteiger charge is -2.28. The zero-order valence-electron chi connectivity index (χ0n) is 45.7. The van der Waals surface area contributed by atoms with Gasteiger partial charge in [-0.15, -0.1) is 0 Å². The van der Waals surface area contributed by atoms with Gasteiger partial charge in [-0.05, 0) is 151 Å². The van der Waals surface area contributed by atoms with E-state index in [4.69, 9.17) is 29.0 Å². The van der Waals surface area contributed by atoms with Crippen LogP contribution in [0.2, 0.25) is 0 Å². The highest BCUT2D eigenvalue weighted by Gasteiger charge is 2.38. The number of aryl methyl sites for hydroxylation is 3. The highest BCUT2D eigenvalue weighted by molar-refractivity contribution is 7.22. The summed E-state index contributed by atoms with van der Waals surface area (Å²) >= 11 is 1.59. The van der Waals surface area contributed by atoms with E-state index < -0.39 is 17.7 Å². The van der Waals surface area contributed by atoms with Crippen LogP contribution in [-0.4, -0.2) is 91.6 Å². The van der Waals surface area contributed by atoms with Crippen molar-refractivity contribution in [3.8, 4) is 28.4 Å². The van der Waals surface area contributed by atoms with Crippen molar-refractivity contribution in [2.75, 3.05) is 44.5 Å². The summed E-state index contributed by atoms with van der Waals surface area (Å²) in [4.78, 5) is 55.6. The lowest BCUT2D eigenvalue weighted by molar-refractivity contribution is -0.152. The minimum absolute atomic E-state index is 0.0104. The van der Waals surface area contributed by atoms with Crippen molar-refractivity contribution in [2.24, 2.45) is 11.0 Å². The molecule has 17 heteroatoms. The number of nitrogens with zero attached hydrogens (tertiary/aromatic N) is 4. The summed E-state index contributed by atoms with van der Waals surface area (Å²) in [5.41, 5.74) is 4.74. The van der Waals surface area contributed by atoms with E-state index in [1.54, 1.807) is 11.3 Å². The molecule has 2 heterocycles. The number of rotatable bonds is 28. The second-order valence-electron chi connectivity index (χ2n) is 20.3. The summed E-state index contributed by atoms with van der Waals surface area (Å²) in [6, 6.07) is 30.5. The lowest BCUT2D eigenvalue weighted by Crippen LogP contribution is -2.31. The maximum absolute atomic E-state index is 14.0. The summed E-state index contributed by atoms with van der Waals surface area (Å²) in [5, 5.41) is 9.92. The number of amides is 2. The Labute approximate surface area is 469 Å². The van der Waals surface area contributed by atoms with Gasteiger partial charge in [-0.2, -0.15) is 18.3 Å². The molecule has 1 aliphatic carbocycles. The molecule has 1 saturated carbocycles. The van der Waals surface area contributed by atoms with E-state index in [0.717, 1.165) is 117 Å². The molecule has 422 valence electrons. The molecule has 0 saturated heterocycles. The first-order valence-electron chi connectivity index (χ1n) is 27.7. The maximum atomic E-state index is 14.0. The number of thiazole rings is 1. The molecule has 0 bridgehead atoms. The van der Waals surface area contributed by atoms with Crippen molar-refractivity contribution in [1.29, 1.82) is 0 Å². The number of benzene rings is 5. The van der Waals surface area contributed by atoms with E-state index >= 15 is 0 Å². The standard InChI is InChI=1S/C63H69F3N4O9S/c1-5-7-8-11-31-70(62-68-54-14-9-10-15-56(54)80-62)67-40-51-38-50(37-49(13-6-2)60(51)79-59(73)29-19-44-18-26-55(42(3)35-44)76-32-12-30-69-57(71)27-28-58(69)72)47-20-21-48-39-53(25-22-46(48)36-47)78-41-45-16-23-52(24-17-45)75-33-34-77-61(74)43(4)63(64,65)66/h9-10,14-15,18,20-22,25-28,35-40,45,52H,4-8,11-13,16-17,19,23-24,29-34,41H2,1-3H3/b67-40+. The predicted octanol–water partition coefficient (Wildman–Crippen LogP) is 13.6. The van der Waals surface area contributed by atoms with Crippen LogP contribution in [0.1, 0.15) is 107 Å². The number of hydrogen-bond donors (Lipinski definition) is 0. The minimum Gasteiger partial charge on any atom is -0.493 e. The van der Waals surface area contributed by atoms with Gasteiger partial charge in [0.15, 0.2) is 0 Å². The predicted molar refractivity (Wildman–Crippen MR) is 307 cm³/mol. The monoisotopic (exact) mass is 1110 g/mol. The third kappa shape index (κ3) is 16.1. The van der Waals surface area contributed by atoms with Gasteiger partial charge in [0.05, 0.1) is 42.4 Å². The van der Waals surface area contributed by atoms with Crippen molar-refractivity contribution >= 4 is 67.4 Å². The van der Waals surface area contributed by atoms with Gasteiger partial charge >= 0.3 is 18.1 Å².